The summed E-state index contributed by atoms with van der Waals surface area (Å²) in [6.07, 6.45) is 2.34. The lowest BCUT2D eigenvalue weighted by atomic mass is 9.81. The molecule has 0 radical (unpaired) electrons. The van der Waals surface area contributed by atoms with Gasteiger partial charge >= 0.3 is 0 Å². The van der Waals surface area contributed by atoms with E-state index >= 15 is 0 Å². The summed E-state index contributed by atoms with van der Waals surface area (Å²) in [7, 11) is 0. The van der Waals surface area contributed by atoms with Crippen LogP contribution in [0.3, 0.4) is 0 Å². The Bertz CT molecular complexity index is 881. The third-order valence-electron chi connectivity index (χ3n) is 6.12. The number of nitrogens with one attached hydrogen (secondary N) is 1. The Balaban J connectivity index is 1.88. The molecule has 0 spiro atoms. The van der Waals surface area contributed by atoms with Crippen molar-refractivity contribution in [3.05, 3.63) is 57.8 Å². The van der Waals surface area contributed by atoms with Gasteiger partial charge < -0.3 is 15.1 Å². The third kappa shape index (κ3) is 5.59. The minimum Gasteiger partial charge on any atom is -0.354 e. The van der Waals surface area contributed by atoms with Crippen LogP contribution in [0.5, 0.6) is 0 Å². The average Bonchev–Trinajstić information content (AvgIpc) is 3.32. The number of fused-ring (bicyclic) bond motifs is 1. The van der Waals surface area contributed by atoms with Crippen molar-refractivity contribution in [1.29, 1.82) is 0 Å². The molecule has 1 aliphatic heterocycles. The summed E-state index contributed by atoms with van der Waals surface area (Å²) >= 11 is 1.62. The van der Waals surface area contributed by atoms with Gasteiger partial charge in [0, 0.05) is 30.1 Å². The Labute approximate surface area is 196 Å². The number of hydrogen-bond acceptors (Lipinski definition) is 4. The molecule has 2 unspecified atom stereocenters. The molecule has 0 saturated carbocycles. The lowest BCUT2D eigenvalue weighted by Gasteiger charge is -2.42. The molecule has 0 aliphatic carbocycles. The maximum atomic E-state index is 13.6. The molecule has 6 heteroatoms. The molecule has 5 nitrogen and oxygen atoms in total. The van der Waals surface area contributed by atoms with Gasteiger partial charge in [0.2, 0.25) is 5.91 Å². The summed E-state index contributed by atoms with van der Waals surface area (Å²) in [5.41, 5.74) is 1.49. The molecule has 3 rings (SSSR count). The first-order valence-electron chi connectivity index (χ1n) is 11.9. The highest BCUT2D eigenvalue weighted by atomic mass is 32.1. The van der Waals surface area contributed by atoms with Crippen molar-refractivity contribution in [3.63, 3.8) is 0 Å². The average molecular weight is 456 g/mol. The SMILES string of the molecule is CCCCN(CC)CCNC(=O)C1c2ccccc2C(=O)N(CC(C)C)C1c1cccs1. The molecule has 2 amide bonds. The lowest BCUT2D eigenvalue weighted by Crippen LogP contribution is -2.49. The molecule has 1 aromatic heterocycles. The number of carbonyl (C=O) groups excluding carboxylic acids is 2. The van der Waals surface area contributed by atoms with Gasteiger partial charge in [-0.2, -0.15) is 0 Å². The standard InChI is InChI=1S/C26H37N3O2S/c1-5-7-15-28(6-2)16-14-27-25(30)23-20-11-8-9-12-21(20)26(31)29(18-19(3)4)24(23)22-13-10-17-32-22/h8-13,17,19,23-24H,5-7,14-16,18H2,1-4H3,(H,27,30). The predicted octanol–water partition coefficient (Wildman–Crippen LogP) is 4.92. The van der Waals surface area contributed by atoms with Gasteiger partial charge in [-0.1, -0.05) is 58.4 Å². The maximum Gasteiger partial charge on any atom is 0.254 e. The number of likely N-dealkylation sites (N-methyl/N-ethyl adjacent to an activating group) is 1. The van der Waals surface area contributed by atoms with Crippen molar-refractivity contribution >= 4 is 23.2 Å². The summed E-state index contributed by atoms with van der Waals surface area (Å²) in [6.45, 7) is 12.7. The van der Waals surface area contributed by atoms with Gasteiger partial charge in [0.25, 0.3) is 5.91 Å². The molecule has 1 aliphatic rings. The Kier molecular flexibility index (Phi) is 8.88. The number of nitrogens with zero attached hydrogens (tertiary/aromatic N) is 2. The van der Waals surface area contributed by atoms with Crippen molar-refractivity contribution in [3.8, 4) is 0 Å². The van der Waals surface area contributed by atoms with Crippen molar-refractivity contribution in [1.82, 2.24) is 15.1 Å². The molecule has 0 bridgehead atoms. The molecule has 174 valence electrons. The maximum absolute atomic E-state index is 13.6. The highest BCUT2D eigenvalue weighted by Gasteiger charge is 2.44. The first-order valence-corrected chi connectivity index (χ1v) is 12.8. The van der Waals surface area contributed by atoms with Crippen LogP contribution in [0.1, 0.15) is 73.3 Å². The van der Waals surface area contributed by atoms with Crippen molar-refractivity contribution in [2.45, 2.75) is 52.5 Å². The molecular formula is C26H37N3O2S. The first-order chi connectivity index (χ1) is 15.5. The first kappa shape index (κ1) is 24.5. The summed E-state index contributed by atoms with van der Waals surface area (Å²) in [6, 6.07) is 11.4. The van der Waals surface area contributed by atoms with Crippen molar-refractivity contribution < 1.29 is 9.59 Å². The number of carbonyl (C=O) groups is 2. The smallest absolute Gasteiger partial charge is 0.254 e. The van der Waals surface area contributed by atoms with E-state index in [1.807, 2.05) is 46.7 Å². The van der Waals surface area contributed by atoms with Crippen LogP contribution in [-0.2, 0) is 4.79 Å². The Morgan fingerprint density at radius 1 is 1.16 bits per heavy atom. The molecule has 0 saturated heterocycles. The second-order valence-corrected chi connectivity index (χ2v) is 9.93. The summed E-state index contributed by atoms with van der Waals surface area (Å²) in [5.74, 6) is -0.0730. The fourth-order valence-corrected chi connectivity index (χ4v) is 5.38. The predicted molar refractivity (Wildman–Crippen MR) is 132 cm³/mol. The Morgan fingerprint density at radius 2 is 1.94 bits per heavy atom. The molecular weight excluding hydrogens is 418 g/mol. The highest BCUT2D eigenvalue weighted by Crippen LogP contribution is 2.44. The van der Waals surface area contributed by atoms with E-state index in [-0.39, 0.29) is 17.9 Å². The van der Waals surface area contributed by atoms with Crippen LogP contribution in [0.4, 0.5) is 0 Å². The van der Waals surface area contributed by atoms with E-state index in [4.69, 9.17) is 0 Å². The molecule has 1 N–H and O–H groups in total. The van der Waals surface area contributed by atoms with Gasteiger partial charge in [0.1, 0.15) is 0 Å². The van der Waals surface area contributed by atoms with E-state index in [1.54, 1.807) is 11.3 Å². The fourth-order valence-electron chi connectivity index (χ4n) is 4.50. The van der Waals surface area contributed by atoms with Gasteiger partial charge in [-0.15, -0.1) is 11.3 Å². The van der Waals surface area contributed by atoms with Gasteiger partial charge in [0.05, 0.1) is 12.0 Å². The molecule has 2 atom stereocenters. The van der Waals surface area contributed by atoms with E-state index in [9.17, 15) is 9.59 Å². The van der Waals surface area contributed by atoms with Crippen LogP contribution in [0.25, 0.3) is 0 Å². The normalized spacial score (nSPS) is 18.3. The van der Waals surface area contributed by atoms with Gasteiger partial charge in [0.15, 0.2) is 0 Å². The van der Waals surface area contributed by atoms with Crippen LogP contribution in [0, 0.1) is 5.92 Å². The van der Waals surface area contributed by atoms with Crippen molar-refractivity contribution in [2.75, 3.05) is 32.7 Å². The van der Waals surface area contributed by atoms with E-state index in [0.29, 0.717) is 24.6 Å². The zero-order chi connectivity index (χ0) is 23.1. The highest BCUT2D eigenvalue weighted by molar-refractivity contribution is 7.10. The van der Waals surface area contributed by atoms with Gasteiger partial charge in [-0.05, 0) is 48.5 Å². The third-order valence-corrected chi connectivity index (χ3v) is 7.06. The number of benzene rings is 1. The summed E-state index contributed by atoms with van der Waals surface area (Å²) in [5, 5.41) is 5.22. The minimum absolute atomic E-state index is 0.00338. The molecule has 0 fully saturated rings. The van der Waals surface area contributed by atoms with E-state index in [2.05, 4.69) is 37.9 Å². The summed E-state index contributed by atoms with van der Waals surface area (Å²) in [4.78, 5) is 32.4. The Morgan fingerprint density at radius 3 is 2.59 bits per heavy atom. The zero-order valence-electron chi connectivity index (χ0n) is 19.8. The van der Waals surface area contributed by atoms with Crippen LogP contribution >= 0.6 is 11.3 Å². The van der Waals surface area contributed by atoms with Gasteiger partial charge in [-0.3, -0.25) is 9.59 Å². The number of hydrogen-bond donors (Lipinski definition) is 1. The lowest BCUT2D eigenvalue weighted by molar-refractivity contribution is -0.124. The number of unbranched alkanes of at least 4 members (excludes halogenated alkanes) is 1. The molecule has 1 aromatic carbocycles. The minimum atomic E-state index is -0.410. The molecule has 2 heterocycles. The Hall–Kier alpha value is -2.18. The fraction of sp³-hybridized carbons (Fsp3) is 0.538. The topological polar surface area (TPSA) is 52.7 Å². The number of rotatable bonds is 11. The van der Waals surface area contributed by atoms with E-state index in [1.165, 1.54) is 12.8 Å². The largest absolute Gasteiger partial charge is 0.354 e. The van der Waals surface area contributed by atoms with Gasteiger partial charge in [-0.25, -0.2) is 0 Å². The second-order valence-electron chi connectivity index (χ2n) is 8.96. The number of amides is 2. The second kappa shape index (κ2) is 11.6. The van der Waals surface area contributed by atoms with Crippen LogP contribution in [0.2, 0.25) is 0 Å². The summed E-state index contributed by atoms with van der Waals surface area (Å²) < 4.78 is 0. The van der Waals surface area contributed by atoms with Crippen LogP contribution in [0.15, 0.2) is 41.8 Å². The number of thiophene rings is 1. The van der Waals surface area contributed by atoms with E-state index in [0.717, 1.165) is 30.1 Å². The molecule has 2 aromatic rings. The molecule has 32 heavy (non-hydrogen) atoms. The zero-order valence-corrected chi connectivity index (χ0v) is 20.7. The van der Waals surface area contributed by atoms with E-state index < -0.39 is 5.92 Å². The quantitative estimate of drug-likeness (QED) is 0.523. The van der Waals surface area contributed by atoms with Crippen LogP contribution < -0.4 is 5.32 Å². The monoisotopic (exact) mass is 455 g/mol. The van der Waals surface area contributed by atoms with Crippen molar-refractivity contribution in [2.24, 2.45) is 5.92 Å². The van der Waals surface area contributed by atoms with Crippen LogP contribution in [-0.4, -0.2) is 54.3 Å².